The third-order valence-corrected chi connectivity index (χ3v) is 4.31. The minimum absolute atomic E-state index is 0.296. The van der Waals surface area contributed by atoms with Crippen molar-refractivity contribution < 1.29 is 9.50 Å². The van der Waals surface area contributed by atoms with Crippen molar-refractivity contribution in [3.05, 3.63) is 47.8 Å². The Morgan fingerprint density at radius 3 is 2.92 bits per heavy atom. The Morgan fingerprint density at radius 2 is 2.32 bits per heavy atom. The maximum absolute atomic E-state index is 14.5. The second-order valence-corrected chi connectivity index (χ2v) is 6.19. The topological polar surface area (TPSA) is 65.7 Å². The molecule has 1 aromatic carbocycles. The first kappa shape index (κ1) is 17.4. The summed E-state index contributed by atoms with van der Waals surface area (Å²) in [7, 11) is 0. The maximum atomic E-state index is 14.5. The number of rotatable bonds is 4. The molecular formula is C18H24FN5O. The molecule has 1 saturated heterocycles. The molecule has 3 rings (SSSR count). The van der Waals surface area contributed by atoms with E-state index in [2.05, 4.69) is 15.3 Å². The number of aryl methyl sites for hydroxylation is 1. The Kier molecular flexibility index (Phi) is 5.33. The number of halogens is 1. The van der Waals surface area contributed by atoms with E-state index in [-0.39, 0.29) is 11.9 Å². The number of benzene rings is 1. The fraction of sp³-hybridized carbons (Fsp3) is 0.444. The van der Waals surface area contributed by atoms with E-state index in [1.54, 1.807) is 23.0 Å². The summed E-state index contributed by atoms with van der Waals surface area (Å²) >= 11 is 0. The lowest BCUT2D eigenvalue weighted by Crippen LogP contribution is -2.40. The summed E-state index contributed by atoms with van der Waals surface area (Å²) in [6.45, 7) is 6.33. The summed E-state index contributed by atoms with van der Waals surface area (Å²) < 4.78 is 16.2. The van der Waals surface area contributed by atoms with Crippen LogP contribution in [0.1, 0.15) is 24.7 Å². The van der Waals surface area contributed by atoms with E-state index in [1.807, 2.05) is 24.8 Å². The second kappa shape index (κ2) is 7.65. The molecule has 2 N–H and O–H groups in total. The van der Waals surface area contributed by atoms with E-state index >= 15 is 0 Å². The van der Waals surface area contributed by atoms with Gasteiger partial charge in [0.25, 0.3) is 0 Å². The van der Waals surface area contributed by atoms with Crippen LogP contribution in [0, 0.1) is 12.7 Å². The van der Waals surface area contributed by atoms with Gasteiger partial charge in [0.1, 0.15) is 11.6 Å². The molecule has 0 bridgehead atoms. The first-order valence-corrected chi connectivity index (χ1v) is 8.58. The molecule has 0 saturated carbocycles. The first-order valence-electron chi connectivity index (χ1n) is 8.58. The standard InChI is InChI=1S/C18H24FN5O/c1-3-20-18(23-8-6-15(25)12-23)22-11-14-4-5-17(16(19)10-14)24-9-7-21-13(24)2/h4-5,7,9-10,15,25H,3,6,8,11-12H2,1-2H3,(H,20,22)/t15-/m1/s1. The van der Waals surface area contributed by atoms with Crippen LogP contribution in [-0.4, -0.2) is 51.3 Å². The van der Waals surface area contributed by atoms with E-state index in [0.29, 0.717) is 18.8 Å². The molecule has 6 nitrogen and oxygen atoms in total. The Morgan fingerprint density at radius 1 is 1.48 bits per heavy atom. The van der Waals surface area contributed by atoms with E-state index in [9.17, 15) is 9.50 Å². The number of hydrogen-bond acceptors (Lipinski definition) is 3. The van der Waals surface area contributed by atoms with E-state index in [0.717, 1.165) is 36.9 Å². The molecule has 2 aromatic rings. The van der Waals surface area contributed by atoms with Crippen LogP contribution in [0.3, 0.4) is 0 Å². The lowest BCUT2D eigenvalue weighted by molar-refractivity contribution is 0.188. The van der Waals surface area contributed by atoms with Crippen LogP contribution in [0.15, 0.2) is 35.6 Å². The fourth-order valence-electron chi connectivity index (χ4n) is 3.00. The molecule has 7 heteroatoms. The van der Waals surface area contributed by atoms with Gasteiger partial charge in [0.2, 0.25) is 0 Å². The number of nitrogens with one attached hydrogen (secondary N) is 1. The number of hydrogen-bond donors (Lipinski definition) is 2. The van der Waals surface area contributed by atoms with Crippen LogP contribution in [0.4, 0.5) is 4.39 Å². The summed E-state index contributed by atoms with van der Waals surface area (Å²) in [5, 5.41) is 12.9. The summed E-state index contributed by atoms with van der Waals surface area (Å²) in [5.74, 6) is 1.20. The molecule has 0 aliphatic carbocycles. The van der Waals surface area contributed by atoms with Gasteiger partial charge in [0, 0.05) is 32.0 Å². The van der Waals surface area contributed by atoms with Crippen LogP contribution in [0.5, 0.6) is 0 Å². The Labute approximate surface area is 147 Å². The van der Waals surface area contributed by atoms with Crippen LogP contribution >= 0.6 is 0 Å². The molecule has 1 aliphatic heterocycles. The third-order valence-electron chi connectivity index (χ3n) is 4.31. The zero-order valence-corrected chi connectivity index (χ0v) is 14.6. The predicted molar refractivity (Wildman–Crippen MR) is 95.3 cm³/mol. The molecule has 1 atom stereocenters. The van der Waals surface area contributed by atoms with Crippen molar-refractivity contribution in [2.75, 3.05) is 19.6 Å². The van der Waals surface area contributed by atoms with E-state index < -0.39 is 0 Å². The highest BCUT2D eigenvalue weighted by Crippen LogP contribution is 2.17. The summed E-state index contributed by atoms with van der Waals surface area (Å²) in [6.07, 6.45) is 3.84. The van der Waals surface area contributed by atoms with Crippen molar-refractivity contribution in [1.29, 1.82) is 0 Å². The van der Waals surface area contributed by atoms with Crippen molar-refractivity contribution in [1.82, 2.24) is 19.8 Å². The molecule has 1 aliphatic rings. The molecule has 134 valence electrons. The molecule has 0 spiro atoms. The van der Waals surface area contributed by atoms with Crippen LogP contribution < -0.4 is 5.32 Å². The Balaban J connectivity index is 1.75. The highest BCUT2D eigenvalue weighted by molar-refractivity contribution is 5.80. The van der Waals surface area contributed by atoms with Crippen LogP contribution in [0.2, 0.25) is 0 Å². The molecule has 25 heavy (non-hydrogen) atoms. The van der Waals surface area contributed by atoms with Crippen LogP contribution in [0.25, 0.3) is 5.69 Å². The number of β-amino-alcohol motifs (C(OH)–C–C–N with tert-alkyl or cyclic N) is 1. The largest absolute Gasteiger partial charge is 0.391 e. The van der Waals surface area contributed by atoms with Gasteiger partial charge in [-0.05, 0) is 38.0 Å². The lowest BCUT2D eigenvalue weighted by atomic mass is 10.2. The van der Waals surface area contributed by atoms with Gasteiger partial charge in [-0.15, -0.1) is 0 Å². The van der Waals surface area contributed by atoms with Crippen molar-refractivity contribution in [3.8, 4) is 5.69 Å². The minimum Gasteiger partial charge on any atom is -0.391 e. The molecular weight excluding hydrogens is 321 g/mol. The number of aliphatic imine (C=N–C) groups is 1. The highest BCUT2D eigenvalue weighted by Gasteiger charge is 2.22. The van der Waals surface area contributed by atoms with E-state index in [1.165, 1.54) is 6.07 Å². The molecule has 1 aromatic heterocycles. The average molecular weight is 345 g/mol. The normalized spacial score (nSPS) is 18.0. The lowest BCUT2D eigenvalue weighted by Gasteiger charge is -2.21. The number of imidazole rings is 1. The fourth-order valence-corrected chi connectivity index (χ4v) is 3.00. The zero-order chi connectivity index (χ0) is 17.8. The molecule has 2 heterocycles. The molecule has 0 radical (unpaired) electrons. The Bertz CT molecular complexity index is 758. The summed E-state index contributed by atoms with van der Waals surface area (Å²) in [4.78, 5) is 10.7. The van der Waals surface area contributed by atoms with Crippen molar-refractivity contribution in [3.63, 3.8) is 0 Å². The highest BCUT2D eigenvalue weighted by atomic mass is 19.1. The smallest absolute Gasteiger partial charge is 0.194 e. The average Bonchev–Trinajstić information content (AvgIpc) is 3.20. The first-order chi connectivity index (χ1) is 12.1. The van der Waals surface area contributed by atoms with Crippen molar-refractivity contribution in [2.24, 2.45) is 4.99 Å². The monoisotopic (exact) mass is 345 g/mol. The molecule has 1 fully saturated rings. The summed E-state index contributed by atoms with van der Waals surface area (Å²) in [5.41, 5.74) is 1.28. The van der Waals surface area contributed by atoms with Gasteiger partial charge in [-0.1, -0.05) is 6.07 Å². The molecule has 0 amide bonds. The van der Waals surface area contributed by atoms with Gasteiger partial charge in [-0.25, -0.2) is 14.4 Å². The quantitative estimate of drug-likeness (QED) is 0.656. The van der Waals surface area contributed by atoms with Gasteiger partial charge in [-0.2, -0.15) is 0 Å². The van der Waals surface area contributed by atoms with Gasteiger partial charge in [-0.3, -0.25) is 0 Å². The third kappa shape index (κ3) is 3.99. The minimum atomic E-state index is -0.306. The predicted octanol–water partition coefficient (Wildman–Crippen LogP) is 1.85. The zero-order valence-electron chi connectivity index (χ0n) is 14.6. The van der Waals surface area contributed by atoms with Crippen LogP contribution in [-0.2, 0) is 6.54 Å². The van der Waals surface area contributed by atoms with E-state index in [4.69, 9.17) is 0 Å². The van der Waals surface area contributed by atoms with Gasteiger partial charge in [0.15, 0.2) is 5.96 Å². The number of aliphatic hydroxyl groups excluding tert-OH is 1. The number of likely N-dealkylation sites (tertiary alicyclic amines) is 1. The number of guanidine groups is 1. The second-order valence-electron chi connectivity index (χ2n) is 6.19. The molecule has 0 unspecified atom stereocenters. The van der Waals surface area contributed by atoms with Crippen molar-refractivity contribution >= 4 is 5.96 Å². The number of aliphatic hydroxyl groups is 1. The SMILES string of the molecule is CCNC(=NCc1ccc(-n2ccnc2C)c(F)c1)N1CC[C@@H](O)C1. The van der Waals surface area contributed by atoms with Crippen molar-refractivity contribution in [2.45, 2.75) is 32.9 Å². The number of aromatic nitrogens is 2. The van der Waals surface area contributed by atoms with Gasteiger partial charge in [0.05, 0.1) is 18.3 Å². The summed E-state index contributed by atoms with van der Waals surface area (Å²) in [6, 6.07) is 5.14. The van der Waals surface area contributed by atoms with Gasteiger partial charge < -0.3 is 19.9 Å². The Hall–Kier alpha value is -2.41. The van der Waals surface area contributed by atoms with Gasteiger partial charge >= 0.3 is 0 Å². The maximum Gasteiger partial charge on any atom is 0.194 e. The number of nitrogens with zero attached hydrogens (tertiary/aromatic N) is 4.